The normalized spacial score (nSPS) is 13.4. The van der Waals surface area contributed by atoms with Crippen molar-refractivity contribution in [3.63, 3.8) is 0 Å². The van der Waals surface area contributed by atoms with Crippen LogP contribution in [0.25, 0.3) is 16.7 Å². The van der Waals surface area contributed by atoms with Gasteiger partial charge in [-0.05, 0) is 60.7 Å². The zero-order chi connectivity index (χ0) is 25.9. The second-order valence-electron chi connectivity index (χ2n) is 8.14. The summed E-state index contributed by atoms with van der Waals surface area (Å²) in [5.41, 5.74) is 2.81. The van der Waals surface area contributed by atoms with Gasteiger partial charge in [0, 0.05) is 30.9 Å². The number of thiocarbonyl (C=S) groups is 1. The van der Waals surface area contributed by atoms with E-state index in [-0.39, 0.29) is 22.2 Å². The fourth-order valence-corrected chi connectivity index (χ4v) is 4.13. The van der Waals surface area contributed by atoms with Gasteiger partial charge in [-0.3, -0.25) is 20.2 Å². The Morgan fingerprint density at radius 3 is 2.49 bits per heavy atom. The molecule has 1 amide bonds. The minimum Gasteiger partial charge on any atom is -0.378 e. The number of hydrogen-bond acceptors (Lipinski definition) is 8. The summed E-state index contributed by atoms with van der Waals surface area (Å²) in [6.07, 6.45) is 0. The number of nitro groups is 1. The third kappa shape index (κ3) is 5.37. The zero-order valence-corrected chi connectivity index (χ0v) is 20.1. The molecular weight excluding hydrogens is 501 g/mol. The first kappa shape index (κ1) is 24.2. The van der Waals surface area contributed by atoms with Gasteiger partial charge in [-0.1, -0.05) is 0 Å². The van der Waals surface area contributed by atoms with Gasteiger partial charge in [0.25, 0.3) is 11.6 Å². The Hall–Kier alpha value is -4.49. The van der Waals surface area contributed by atoms with Gasteiger partial charge in [-0.25, -0.2) is 4.39 Å². The molecular formula is C24H20FN7O4S. The van der Waals surface area contributed by atoms with Crippen LogP contribution in [0.3, 0.4) is 0 Å². The number of nitro benzene ring substituents is 1. The van der Waals surface area contributed by atoms with Crippen molar-refractivity contribution in [3.05, 3.63) is 82.2 Å². The van der Waals surface area contributed by atoms with Crippen molar-refractivity contribution in [2.24, 2.45) is 0 Å². The summed E-state index contributed by atoms with van der Waals surface area (Å²) < 4.78 is 18.6. The van der Waals surface area contributed by atoms with E-state index in [1.54, 1.807) is 36.4 Å². The molecule has 0 aliphatic carbocycles. The molecule has 0 atom stereocenters. The predicted molar refractivity (Wildman–Crippen MR) is 139 cm³/mol. The molecule has 1 aliphatic heterocycles. The summed E-state index contributed by atoms with van der Waals surface area (Å²) >= 11 is 5.33. The molecule has 0 bridgehead atoms. The van der Waals surface area contributed by atoms with E-state index in [0.29, 0.717) is 54.4 Å². The molecule has 37 heavy (non-hydrogen) atoms. The Morgan fingerprint density at radius 1 is 1.03 bits per heavy atom. The standard InChI is InChI=1S/C24H20FN7O4S/c25-15-1-4-17(5-2-15)31-28-20-7-3-16(13-21(20)29-31)26-24(37)27-23(33)19-14-18(32(34)35)6-8-22(19)30-9-11-36-12-10-30/h1-8,13-14H,9-12H2,(H2,26,27,33,37). The summed E-state index contributed by atoms with van der Waals surface area (Å²) in [5.74, 6) is -0.935. The lowest BCUT2D eigenvalue weighted by Crippen LogP contribution is -2.39. The molecule has 2 heterocycles. The molecule has 0 radical (unpaired) electrons. The molecule has 0 spiro atoms. The molecule has 3 aromatic carbocycles. The maximum absolute atomic E-state index is 13.2. The quantitative estimate of drug-likeness (QED) is 0.231. The van der Waals surface area contributed by atoms with Crippen LogP contribution in [0.15, 0.2) is 60.7 Å². The van der Waals surface area contributed by atoms with Crippen LogP contribution in [0.4, 0.5) is 21.5 Å². The molecule has 11 nitrogen and oxygen atoms in total. The van der Waals surface area contributed by atoms with Gasteiger partial charge in [0.2, 0.25) is 0 Å². The van der Waals surface area contributed by atoms with E-state index in [9.17, 15) is 19.3 Å². The fraction of sp³-hybridized carbons (Fsp3) is 0.167. The number of rotatable bonds is 5. The number of fused-ring (bicyclic) bond motifs is 1. The van der Waals surface area contributed by atoms with Crippen molar-refractivity contribution >= 4 is 51.3 Å². The fourth-order valence-electron chi connectivity index (χ4n) is 3.91. The number of hydrogen-bond donors (Lipinski definition) is 2. The third-order valence-corrected chi connectivity index (χ3v) is 5.91. The van der Waals surface area contributed by atoms with Gasteiger partial charge in [0.05, 0.1) is 35.1 Å². The summed E-state index contributed by atoms with van der Waals surface area (Å²) in [5, 5.41) is 25.6. The highest BCUT2D eigenvalue weighted by Gasteiger charge is 2.22. The number of morpholine rings is 1. The van der Waals surface area contributed by atoms with Gasteiger partial charge in [0.1, 0.15) is 16.9 Å². The van der Waals surface area contributed by atoms with E-state index in [2.05, 4.69) is 20.8 Å². The van der Waals surface area contributed by atoms with E-state index >= 15 is 0 Å². The SMILES string of the molecule is O=C(NC(=S)Nc1ccc2nn(-c3ccc(F)cc3)nc2c1)c1cc([N+](=O)[O-])ccc1N1CCOCC1. The van der Waals surface area contributed by atoms with Crippen molar-refractivity contribution in [2.75, 3.05) is 36.5 Å². The Kier molecular flexibility index (Phi) is 6.70. The molecule has 1 fully saturated rings. The Labute approximate surface area is 215 Å². The van der Waals surface area contributed by atoms with Gasteiger partial charge in [-0.15, -0.1) is 10.2 Å². The Bertz CT molecular complexity index is 1500. The third-order valence-electron chi connectivity index (χ3n) is 5.71. The van der Waals surface area contributed by atoms with Crippen molar-refractivity contribution in [1.29, 1.82) is 0 Å². The largest absolute Gasteiger partial charge is 0.378 e. The minimum absolute atomic E-state index is 0.00899. The number of aromatic nitrogens is 3. The van der Waals surface area contributed by atoms with Crippen LogP contribution in [0.5, 0.6) is 0 Å². The number of amides is 1. The number of nitrogens with one attached hydrogen (secondary N) is 2. The van der Waals surface area contributed by atoms with E-state index in [1.165, 1.54) is 29.1 Å². The van der Waals surface area contributed by atoms with Crippen LogP contribution in [0.1, 0.15) is 10.4 Å². The molecule has 0 unspecified atom stereocenters. The van der Waals surface area contributed by atoms with Crippen LogP contribution >= 0.6 is 12.2 Å². The molecule has 13 heteroatoms. The highest BCUT2D eigenvalue weighted by molar-refractivity contribution is 7.80. The van der Waals surface area contributed by atoms with Crippen LogP contribution in [0, 0.1) is 15.9 Å². The monoisotopic (exact) mass is 521 g/mol. The van der Waals surface area contributed by atoms with Gasteiger partial charge >= 0.3 is 0 Å². The van der Waals surface area contributed by atoms with Crippen LogP contribution in [0.2, 0.25) is 0 Å². The number of non-ortho nitro benzene ring substituents is 1. The lowest BCUT2D eigenvalue weighted by atomic mass is 10.1. The molecule has 1 aromatic heterocycles. The maximum Gasteiger partial charge on any atom is 0.270 e. The van der Waals surface area contributed by atoms with Crippen LogP contribution in [-0.4, -0.2) is 57.2 Å². The molecule has 188 valence electrons. The minimum atomic E-state index is -0.578. The lowest BCUT2D eigenvalue weighted by molar-refractivity contribution is -0.384. The smallest absolute Gasteiger partial charge is 0.270 e. The van der Waals surface area contributed by atoms with E-state index in [4.69, 9.17) is 17.0 Å². The first-order valence-electron chi connectivity index (χ1n) is 11.2. The maximum atomic E-state index is 13.2. The number of carbonyl (C=O) groups is 1. The summed E-state index contributed by atoms with van der Waals surface area (Å²) in [6, 6.07) is 15.1. The van der Waals surface area contributed by atoms with Crippen molar-refractivity contribution in [2.45, 2.75) is 0 Å². The summed E-state index contributed by atoms with van der Waals surface area (Å²) in [4.78, 5) is 27.2. The van der Waals surface area contributed by atoms with Crippen LogP contribution < -0.4 is 15.5 Å². The Morgan fingerprint density at radius 2 is 1.76 bits per heavy atom. The molecule has 0 saturated carbocycles. The number of nitrogens with zero attached hydrogens (tertiary/aromatic N) is 5. The first-order valence-corrected chi connectivity index (χ1v) is 11.6. The topological polar surface area (TPSA) is 127 Å². The number of halogens is 1. The Balaban J connectivity index is 1.33. The number of carbonyl (C=O) groups excluding carboxylic acids is 1. The van der Waals surface area contributed by atoms with E-state index < -0.39 is 10.8 Å². The number of benzene rings is 3. The molecule has 5 rings (SSSR count). The molecule has 1 aliphatic rings. The zero-order valence-electron chi connectivity index (χ0n) is 19.3. The van der Waals surface area contributed by atoms with Crippen molar-refractivity contribution in [3.8, 4) is 5.69 Å². The van der Waals surface area contributed by atoms with Crippen molar-refractivity contribution < 1.29 is 18.8 Å². The summed E-state index contributed by atoms with van der Waals surface area (Å²) in [7, 11) is 0. The van der Waals surface area contributed by atoms with Crippen molar-refractivity contribution in [1.82, 2.24) is 20.3 Å². The van der Waals surface area contributed by atoms with Gasteiger partial charge in [0.15, 0.2) is 5.11 Å². The molecule has 4 aromatic rings. The first-order chi connectivity index (χ1) is 17.9. The molecule has 1 saturated heterocycles. The van der Waals surface area contributed by atoms with E-state index in [0.717, 1.165) is 0 Å². The number of anilines is 2. The molecule has 2 N–H and O–H groups in total. The van der Waals surface area contributed by atoms with Crippen LogP contribution in [-0.2, 0) is 4.74 Å². The number of ether oxygens (including phenoxy) is 1. The summed E-state index contributed by atoms with van der Waals surface area (Å²) in [6.45, 7) is 2.09. The van der Waals surface area contributed by atoms with Gasteiger partial charge in [-0.2, -0.15) is 4.80 Å². The van der Waals surface area contributed by atoms with E-state index in [1.807, 2.05) is 4.90 Å². The average Bonchev–Trinajstić information content (AvgIpc) is 3.32. The highest BCUT2D eigenvalue weighted by atomic mass is 32.1. The van der Waals surface area contributed by atoms with Gasteiger partial charge < -0.3 is 15.0 Å². The highest BCUT2D eigenvalue weighted by Crippen LogP contribution is 2.26. The predicted octanol–water partition coefficient (Wildman–Crippen LogP) is 3.43. The second kappa shape index (κ2) is 10.2. The average molecular weight is 522 g/mol. The second-order valence-corrected chi connectivity index (χ2v) is 8.54. The lowest BCUT2D eigenvalue weighted by Gasteiger charge is -2.30.